The van der Waals surface area contributed by atoms with E-state index >= 15 is 0 Å². The highest BCUT2D eigenvalue weighted by Crippen LogP contribution is 2.56. The Kier molecular flexibility index (Phi) is 5.10. The van der Waals surface area contributed by atoms with Crippen molar-refractivity contribution in [1.82, 2.24) is 5.32 Å². The second-order valence-corrected chi connectivity index (χ2v) is 9.04. The van der Waals surface area contributed by atoms with Crippen molar-refractivity contribution >= 4 is 17.7 Å². The van der Waals surface area contributed by atoms with Crippen LogP contribution in [0.25, 0.3) is 0 Å². The first-order valence-electron chi connectivity index (χ1n) is 9.71. The lowest BCUT2D eigenvalue weighted by atomic mass is 9.52. The molecule has 0 heterocycles. The van der Waals surface area contributed by atoms with Crippen LogP contribution in [0.5, 0.6) is 0 Å². The normalized spacial score (nSPS) is 26.7. The molecule has 148 valence electrons. The number of carboxylic acids is 1. The number of nitrogens with one attached hydrogen (secondary N) is 2. The number of aryl methyl sites for hydroxylation is 1. The molecule has 2 aliphatic rings. The summed E-state index contributed by atoms with van der Waals surface area (Å²) in [5.41, 5.74) is 1.96. The van der Waals surface area contributed by atoms with Gasteiger partial charge in [-0.25, -0.2) is 9.59 Å². The summed E-state index contributed by atoms with van der Waals surface area (Å²) in [6.07, 6.45) is 4.47. The average molecular weight is 374 g/mol. The minimum absolute atomic E-state index is 0.179. The zero-order valence-corrected chi connectivity index (χ0v) is 16.6. The number of alkyl carbamates (subject to hydrolysis) is 1. The van der Waals surface area contributed by atoms with Crippen LogP contribution in [0, 0.1) is 5.41 Å². The Bertz CT molecular complexity index is 724. The molecular weight excluding hydrogens is 344 g/mol. The third kappa shape index (κ3) is 4.54. The summed E-state index contributed by atoms with van der Waals surface area (Å²) in [4.78, 5) is 23.3. The zero-order valence-electron chi connectivity index (χ0n) is 16.6. The topological polar surface area (TPSA) is 87.7 Å². The number of benzene rings is 1. The number of carbonyl (C=O) groups excluding carboxylic acids is 1. The molecule has 0 aromatic heterocycles. The van der Waals surface area contributed by atoms with Gasteiger partial charge in [-0.2, -0.15) is 0 Å². The number of amides is 1. The van der Waals surface area contributed by atoms with Gasteiger partial charge in [-0.05, 0) is 76.0 Å². The lowest BCUT2D eigenvalue weighted by Crippen LogP contribution is -2.59. The fourth-order valence-corrected chi connectivity index (χ4v) is 4.32. The van der Waals surface area contributed by atoms with Gasteiger partial charge in [-0.3, -0.25) is 0 Å². The van der Waals surface area contributed by atoms with Crippen LogP contribution in [0.1, 0.15) is 69.3 Å². The Morgan fingerprint density at radius 2 is 1.81 bits per heavy atom. The molecule has 0 aliphatic heterocycles. The molecule has 1 aromatic rings. The summed E-state index contributed by atoms with van der Waals surface area (Å²) < 4.78 is 5.30. The number of hydrogen-bond acceptors (Lipinski definition) is 4. The first kappa shape index (κ1) is 19.5. The van der Waals surface area contributed by atoms with Crippen molar-refractivity contribution < 1.29 is 19.4 Å². The minimum atomic E-state index is -0.903. The van der Waals surface area contributed by atoms with Gasteiger partial charge in [0, 0.05) is 17.8 Å². The standard InChI is InChI=1S/C21H30N2O4/c1-5-13-6-7-16(18(24)25)17(8-13)22-14-9-21(10-14)11-15(12-21)23-19(26)27-20(2,3)4/h6-8,14-15,22H,5,9-12H2,1-4H3,(H,23,26)(H,24,25). The van der Waals surface area contributed by atoms with Crippen LogP contribution in [0.2, 0.25) is 0 Å². The molecule has 3 rings (SSSR count). The second-order valence-electron chi connectivity index (χ2n) is 9.04. The van der Waals surface area contributed by atoms with Crippen LogP contribution < -0.4 is 10.6 Å². The Balaban J connectivity index is 1.49. The van der Waals surface area contributed by atoms with Crippen molar-refractivity contribution in [2.24, 2.45) is 5.41 Å². The van der Waals surface area contributed by atoms with E-state index in [0.29, 0.717) is 11.3 Å². The van der Waals surface area contributed by atoms with Crippen LogP contribution in [0.4, 0.5) is 10.5 Å². The molecule has 0 radical (unpaired) electrons. The predicted molar refractivity (Wildman–Crippen MR) is 104 cm³/mol. The molecule has 0 atom stereocenters. The van der Waals surface area contributed by atoms with Crippen molar-refractivity contribution in [2.45, 2.75) is 77.5 Å². The minimum Gasteiger partial charge on any atom is -0.478 e. The summed E-state index contributed by atoms with van der Waals surface area (Å²) >= 11 is 0. The number of aromatic carboxylic acids is 1. The lowest BCUT2D eigenvalue weighted by molar-refractivity contribution is -0.0178. The number of carboxylic acid groups (broad SMARTS) is 1. The van der Waals surface area contributed by atoms with E-state index in [9.17, 15) is 14.7 Å². The molecule has 1 aromatic carbocycles. The maximum atomic E-state index is 11.8. The van der Waals surface area contributed by atoms with Gasteiger partial charge in [0.05, 0.1) is 5.56 Å². The SMILES string of the molecule is CCc1ccc(C(=O)O)c(NC2CC3(CC(NC(=O)OC(C)(C)C)C3)C2)c1. The smallest absolute Gasteiger partial charge is 0.407 e. The number of hydrogen-bond donors (Lipinski definition) is 3. The molecule has 6 heteroatoms. The molecule has 0 bridgehead atoms. The molecule has 1 spiro atoms. The summed E-state index contributed by atoms with van der Waals surface area (Å²) in [5.74, 6) is -0.903. The van der Waals surface area contributed by atoms with Gasteiger partial charge in [0.2, 0.25) is 0 Å². The van der Waals surface area contributed by atoms with E-state index in [4.69, 9.17) is 4.74 Å². The summed E-state index contributed by atoms with van der Waals surface area (Å²) in [6.45, 7) is 7.63. The van der Waals surface area contributed by atoms with Gasteiger partial charge in [-0.1, -0.05) is 13.0 Å². The Hall–Kier alpha value is -2.24. The van der Waals surface area contributed by atoms with Crippen LogP contribution in [0.15, 0.2) is 18.2 Å². The van der Waals surface area contributed by atoms with Gasteiger partial charge in [-0.15, -0.1) is 0 Å². The van der Waals surface area contributed by atoms with E-state index < -0.39 is 11.6 Å². The van der Waals surface area contributed by atoms with E-state index in [1.54, 1.807) is 6.07 Å². The third-order valence-electron chi connectivity index (χ3n) is 5.52. The van der Waals surface area contributed by atoms with E-state index in [2.05, 4.69) is 17.6 Å². The van der Waals surface area contributed by atoms with Crippen molar-refractivity contribution in [1.29, 1.82) is 0 Å². The third-order valence-corrected chi connectivity index (χ3v) is 5.52. The number of ether oxygens (including phenoxy) is 1. The summed E-state index contributed by atoms with van der Waals surface area (Å²) in [7, 11) is 0. The van der Waals surface area contributed by atoms with Crippen molar-refractivity contribution in [2.75, 3.05) is 5.32 Å². The highest BCUT2D eigenvalue weighted by Gasteiger charge is 2.53. The Morgan fingerprint density at radius 3 is 2.37 bits per heavy atom. The van der Waals surface area contributed by atoms with Gasteiger partial charge < -0.3 is 20.5 Å². The molecule has 6 nitrogen and oxygen atoms in total. The molecule has 0 unspecified atom stereocenters. The lowest BCUT2D eigenvalue weighted by Gasteiger charge is -2.58. The highest BCUT2D eigenvalue weighted by molar-refractivity contribution is 5.94. The Labute approximate surface area is 160 Å². The first-order chi connectivity index (χ1) is 12.6. The van der Waals surface area contributed by atoms with Crippen LogP contribution in [0.3, 0.4) is 0 Å². The predicted octanol–water partition coefficient (Wildman–Crippen LogP) is 4.20. The Morgan fingerprint density at radius 1 is 1.19 bits per heavy atom. The quantitative estimate of drug-likeness (QED) is 0.719. The highest BCUT2D eigenvalue weighted by atomic mass is 16.6. The molecular formula is C21H30N2O4. The number of rotatable bonds is 5. The monoisotopic (exact) mass is 374 g/mol. The zero-order chi connectivity index (χ0) is 19.8. The molecule has 0 saturated heterocycles. The van der Waals surface area contributed by atoms with E-state index in [1.807, 2.05) is 32.9 Å². The van der Waals surface area contributed by atoms with Crippen molar-refractivity contribution in [3.63, 3.8) is 0 Å². The molecule has 1 amide bonds. The fraction of sp³-hybridized carbons (Fsp3) is 0.619. The largest absolute Gasteiger partial charge is 0.478 e. The van der Waals surface area contributed by atoms with E-state index in [0.717, 1.165) is 37.7 Å². The van der Waals surface area contributed by atoms with Crippen LogP contribution in [-0.2, 0) is 11.2 Å². The molecule has 2 saturated carbocycles. The maximum Gasteiger partial charge on any atom is 0.407 e. The van der Waals surface area contributed by atoms with Crippen LogP contribution in [-0.4, -0.2) is 34.9 Å². The van der Waals surface area contributed by atoms with Gasteiger partial charge in [0.1, 0.15) is 5.60 Å². The van der Waals surface area contributed by atoms with Crippen molar-refractivity contribution in [3.8, 4) is 0 Å². The molecule has 27 heavy (non-hydrogen) atoms. The van der Waals surface area contributed by atoms with Crippen LogP contribution >= 0.6 is 0 Å². The first-order valence-corrected chi connectivity index (χ1v) is 9.71. The molecule has 2 fully saturated rings. The second kappa shape index (κ2) is 7.06. The number of anilines is 1. The summed E-state index contributed by atoms with van der Waals surface area (Å²) in [6, 6.07) is 5.97. The van der Waals surface area contributed by atoms with Gasteiger partial charge in [0.15, 0.2) is 0 Å². The fourth-order valence-electron chi connectivity index (χ4n) is 4.32. The number of carbonyl (C=O) groups is 2. The molecule has 3 N–H and O–H groups in total. The van der Waals surface area contributed by atoms with Gasteiger partial charge in [0.25, 0.3) is 0 Å². The van der Waals surface area contributed by atoms with E-state index in [-0.39, 0.29) is 23.6 Å². The maximum absolute atomic E-state index is 11.8. The molecule has 2 aliphatic carbocycles. The van der Waals surface area contributed by atoms with Crippen molar-refractivity contribution in [3.05, 3.63) is 29.3 Å². The van der Waals surface area contributed by atoms with E-state index in [1.165, 1.54) is 0 Å². The average Bonchev–Trinajstić information content (AvgIpc) is 2.48. The van der Waals surface area contributed by atoms with Gasteiger partial charge >= 0.3 is 12.1 Å². The summed E-state index contributed by atoms with van der Waals surface area (Å²) in [5, 5.41) is 15.8.